The highest BCUT2D eigenvalue weighted by molar-refractivity contribution is 7.91. The summed E-state index contributed by atoms with van der Waals surface area (Å²) in [6.07, 6.45) is 0.262. The Bertz CT molecular complexity index is 1370. The third kappa shape index (κ3) is 5.35. The number of hydrogen-bond donors (Lipinski definition) is 1. The Hall–Kier alpha value is -3.37. The molecule has 0 aliphatic heterocycles. The van der Waals surface area contributed by atoms with Crippen molar-refractivity contribution in [3.63, 3.8) is 0 Å². The van der Waals surface area contributed by atoms with Crippen molar-refractivity contribution in [2.24, 2.45) is 0 Å². The van der Waals surface area contributed by atoms with E-state index in [1.165, 1.54) is 30.6 Å². The number of sulfone groups is 1. The number of ether oxygens (including phenoxy) is 2. The molecule has 0 radical (unpaired) electrons. The van der Waals surface area contributed by atoms with Crippen LogP contribution < -0.4 is 14.8 Å². The highest BCUT2D eigenvalue weighted by Gasteiger charge is 2.16. The van der Waals surface area contributed by atoms with E-state index < -0.39 is 9.84 Å². The van der Waals surface area contributed by atoms with E-state index in [1.807, 2.05) is 24.3 Å². The number of hydrogen-bond acceptors (Lipinski definition) is 8. The van der Waals surface area contributed by atoms with Crippen LogP contribution in [-0.2, 0) is 14.6 Å². The van der Waals surface area contributed by atoms with E-state index in [2.05, 4.69) is 10.3 Å². The lowest BCUT2D eigenvalue weighted by Gasteiger charge is -2.06. The van der Waals surface area contributed by atoms with Crippen molar-refractivity contribution in [2.45, 2.75) is 17.7 Å². The number of carbonyl (C=O) groups is 1. The first-order valence-electron chi connectivity index (χ1n) is 10.1. The predicted octanol–water partition coefficient (Wildman–Crippen LogP) is 4.77. The molecule has 0 unspecified atom stereocenters. The van der Waals surface area contributed by atoms with Crippen LogP contribution in [0, 0.1) is 0 Å². The normalized spacial score (nSPS) is 11.5. The molecule has 0 bridgehead atoms. The molecule has 0 atom stereocenters. The van der Waals surface area contributed by atoms with Gasteiger partial charge in [0.2, 0.25) is 5.91 Å². The molecule has 172 valence electrons. The molecule has 0 fully saturated rings. The Balaban J connectivity index is 1.33. The van der Waals surface area contributed by atoms with Gasteiger partial charge in [0.15, 0.2) is 20.7 Å². The van der Waals surface area contributed by atoms with Crippen molar-refractivity contribution in [2.75, 3.05) is 25.3 Å². The zero-order valence-electron chi connectivity index (χ0n) is 18.0. The van der Waals surface area contributed by atoms with Crippen molar-refractivity contribution in [3.05, 3.63) is 53.9 Å². The third-order valence-electron chi connectivity index (χ3n) is 4.96. The monoisotopic (exact) mass is 486 g/mol. The number of nitrogens with zero attached hydrogens (tertiary/aromatic N) is 1. The van der Waals surface area contributed by atoms with Crippen molar-refractivity contribution in [1.29, 1.82) is 0 Å². The van der Waals surface area contributed by atoms with Gasteiger partial charge in [-0.25, -0.2) is 13.4 Å². The Morgan fingerprint density at radius 2 is 1.79 bits per heavy atom. The van der Waals surface area contributed by atoms with Gasteiger partial charge in [-0.2, -0.15) is 0 Å². The van der Waals surface area contributed by atoms with E-state index in [4.69, 9.17) is 13.9 Å². The number of carbonyl (C=O) groups excluding carboxylic acids is 1. The number of methoxy groups -OCH3 is 2. The minimum absolute atomic E-state index is 0.0642. The zero-order chi connectivity index (χ0) is 23.4. The standard InChI is InChI=1S/C23H22N2O6S2/c1-29-16-5-8-18(9-6-16)33(27,28)11-3-4-22(26)25-23-24-19(14-32-23)21-13-15-12-17(30-2)7-10-20(15)31-21/h5-10,12-14H,3-4,11H2,1-2H3,(H,24,25,26). The molecule has 2 heterocycles. The number of aromatic nitrogens is 1. The van der Waals surface area contributed by atoms with Gasteiger partial charge >= 0.3 is 0 Å². The number of furan rings is 1. The Morgan fingerprint density at radius 3 is 2.52 bits per heavy atom. The van der Waals surface area contributed by atoms with Crippen LogP contribution in [0.4, 0.5) is 5.13 Å². The highest BCUT2D eigenvalue weighted by Crippen LogP contribution is 2.32. The van der Waals surface area contributed by atoms with Gasteiger partial charge in [0.25, 0.3) is 0 Å². The van der Waals surface area contributed by atoms with Crippen LogP contribution in [0.3, 0.4) is 0 Å². The smallest absolute Gasteiger partial charge is 0.226 e. The van der Waals surface area contributed by atoms with Gasteiger partial charge in [-0.15, -0.1) is 11.3 Å². The fourth-order valence-electron chi connectivity index (χ4n) is 3.22. The molecule has 1 amide bonds. The molecular weight excluding hydrogens is 464 g/mol. The third-order valence-corrected chi connectivity index (χ3v) is 7.54. The van der Waals surface area contributed by atoms with Gasteiger partial charge in [0.05, 0.1) is 24.9 Å². The highest BCUT2D eigenvalue weighted by atomic mass is 32.2. The molecule has 4 rings (SSSR count). The zero-order valence-corrected chi connectivity index (χ0v) is 19.7. The van der Waals surface area contributed by atoms with E-state index >= 15 is 0 Å². The number of nitrogens with one attached hydrogen (secondary N) is 1. The molecule has 0 spiro atoms. The van der Waals surface area contributed by atoms with Crippen LogP contribution in [0.15, 0.2) is 63.2 Å². The summed E-state index contributed by atoms with van der Waals surface area (Å²) in [5, 5.41) is 5.82. The predicted molar refractivity (Wildman–Crippen MR) is 127 cm³/mol. The fourth-order valence-corrected chi connectivity index (χ4v) is 5.25. The van der Waals surface area contributed by atoms with Crippen molar-refractivity contribution in [3.8, 4) is 23.0 Å². The van der Waals surface area contributed by atoms with Gasteiger partial charge in [-0.05, 0) is 55.0 Å². The van der Waals surface area contributed by atoms with Crippen molar-refractivity contribution < 1.29 is 27.1 Å². The summed E-state index contributed by atoms with van der Waals surface area (Å²) in [5.41, 5.74) is 1.31. The number of fused-ring (bicyclic) bond motifs is 1. The maximum absolute atomic E-state index is 12.4. The summed E-state index contributed by atoms with van der Waals surface area (Å²) in [4.78, 5) is 16.9. The molecule has 2 aromatic carbocycles. The second kappa shape index (κ2) is 9.63. The van der Waals surface area contributed by atoms with Crippen LogP contribution in [0.5, 0.6) is 11.5 Å². The molecule has 4 aromatic rings. The van der Waals surface area contributed by atoms with Crippen LogP contribution in [0.1, 0.15) is 12.8 Å². The topological polar surface area (TPSA) is 108 Å². The van der Waals surface area contributed by atoms with E-state index in [-0.39, 0.29) is 29.4 Å². The van der Waals surface area contributed by atoms with Crippen LogP contribution in [0.2, 0.25) is 0 Å². The number of thiazole rings is 1. The number of rotatable bonds is 9. The lowest BCUT2D eigenvalue weighted by molar-refractivity contribution is -0.116. The summed E-state index contributed by atoms with van der Waals surface area (Å²) in [5.74, 6) is 1.47. The summed E-state index contributed by atoms with van der Waals surface area (Å²) in [7, 11) is -0.355. The summed E-state index contributed by atoms with van der Waals surface area (Å²) >= 11 is 1.27. The van der Waals surface area contributed by atoms with Gasteiger partial charge in [-0.1, -0.05) is 0 Å². The lowest BCUT2D eigenvalue weighted by atomic mass is 10.2. The summed E-state index contributed by atoms with van der Waals surface area (Å²) in [6, 6.07) is 13.6. The molecule has 8 nitrogen and oxygen atoms in total. The molecule has 0 aliphatic rings. The fraction of sp³-hybridized carbons (Fsp3) is 0.217. The first-order valence-corrected chi connectivity index (χ1v) is 12.6. The van der Waals surface area contributed by atoms with Crippen molar-refractivity contribution in [1.82, 2.24) is 4.98 Å². The van der Waals surface area contributed by atoms with E-state index in [9.17, 15) is 13.2 Å². The Morgan fingerprint density at radius 1 is 1.06 bits per heavy atom. The maximum atomic E-state index is 12.4. The molecule has 0 saturated heterocycles. The average molecular weight is 487 g/mol. The first kappa shape index (κ1) is 22.8. The Kier molecular flexibility index (Phi) is 6.66. The largest absolute Gasteiger partial charge is 0.497 e. The van der Waals surface area contributed by atoms with E-state index in [1.54, 1.807) is 24.6 Å². The van der Waals surface area contributed by atoms with Crippen LogP contribution in [-0.4, -0.2) is 39.3 Å². The minimum atomic E-state index is -3.47. The molecule has 33 heavy (non-hydrogen) atoms. The molecular formula is C23H22N2O6S2. The number of amides is 1. The van der Waals surface area contributed by atoms with Gasteiger partial charge in [0, 0.05) is 17.2 Å². The number of anilines is 1. The average Bonchev–Trinajstić information content (AvgIpc) is 3.45. The molecule has 0 saturated carbocycles. The molecule has 1 N–H and O–H groups in total. The quantitative estimate of drug-likeness (QED) is 0.363. The summed E-state index contributed by atoms with van der Waals surface area (Å²) < 4.78 is 41.0. The molecule has 2 aromatic heterocycles. The SMILES string of the molecule is COc1ccc(S(=O)(=O)CCCC(=O)Nc2nc(-c3cc4cc(OC)ccc4o3)cs2)cc1. The maximum Gasteiger partial charge on any atom is 0.226 e. The minimum Gasteiger partial charge on any atom is -0.497 e. The van der Waals surface area contributed by atoms with Crippen molar-refractivity contribution >= 4 is 43.2 Å². The van der Waals surface area contributed by atoms with Gasteiger partial charge < -0.3 is 19.2 Å². The van der Waals surface area contributed by atoms with Crippen LogP contribution >= 0.6 is 11.3 Å². The van der Waals surface area contributed by atoms with E-state index in [0.29, 0.717) is 27.9 Å². The van der Waals surface area contributed by atoms with Gasteiger partial charge in [-0.3, -0.25) is 4.79 Å². The molecule has 10 heteroatoms. The summed E-state index contributed by atoms with van der Waals surface area (Å²) in [6.45, 7) is 0. The first-order chi connectivity index (χ1) is 15.9. The second-order valence-corrected chi connectivity index (χ2v) is 10.2. The second-order valence-electron chi connectivity index (χ2n) is 7.20. The van der Waals surface area contributed by atoms with Gasteiger partial charge in [0.1, 0.15) is 22.8 Å². The van der Waals surface area contributed by atoms with Crippen LogP contribution in [0.25, 0.3) is 22.4 Å². The lowest BCUT2D eigenvalue weighted by Crippen LogP contribution is -2.14. The van der Waals surface area contributed by atoms with E-state index in [0.717, 1.165) is 11.1 Å². The number of benzene rings is 2. The Labute approximate surface area is 195 Å². The molecule has 0 aliphatic carbocycles.